The van der Waals surface area contributed by atoms with E-state index in [1.54, 1.807) is 6.07 Å². The van der Waals surface area contributed by atoms with E-state index in [-0.39, 0.29) is 5.56 Å². The molecule has 5 heteroatoms. The molecule has 0 unspecified atom stereocenters. The van der Waals surface area contributed by atoms with E-state index in [9.17, 15) is 4.79 Å². The maximum Gasteiger partial charge on any atom is 0.252 e. The van der Waals surface area contributed by atoms with Gasteiger partial charge in [-0.3, -0.25) is 14.7 Å². The molecule has 122 valence electrons. The van der Waals surface area contributed by atoms with Gasteiger partial charge in [0.05, 0.1) is 0 Å². The molecule has 1 N–H and O–H groups in total. The highest BCUT2D eigenvalue weighted by Crippen LogP contribution is 2.13. The van der Waals surface area contributed by atoms with Gasteiger partial charge in [-0.2, -0.15) is 0 Å². The van der Waals surface area contributed by atoms with Crippen molar-refractivity contribution in [2.45, 2.75) is 26.3 Å². The second-order valence-electron chi connectivity index (χ2n) is 6.06. The van der Waals surface area contributed by atoms with Crippen LogP contribution < -0.4 is 10.5 Å². The summed E-state index contributed by atoms with van der Waals surface area (Å²) in [4.78, 5) is 23.9. The van der Waals surface area contributed by atoms with Gasteiger partial charge in [0.25, 0.3) is 5.56 Å². The molecule has 23 heavy (non-hydrogen) atoms. The van der Waals surface area contributed by atoms with Crippen LogP contribution in [-0.2, 0) is 13.0 Å². The highest BCUT2D eigenvalue weighted by molar-refractivity contribution is 5.31. The van der Waals surface area contributed by atoms with Gasteiger partial charge in [-0.05, 0) is 12.0 Å². The van der Waals surface area contributed by atoms with Gasteiger partial charge in [-0.25, -0.2) is 4.98 Å². The first-order valence-electron chi connectivity index (χ1n) is 8.36. The Morgan fingerprint density at radius 1 is 1.13 bits per heavy atom. The number of hydrogen-bond acceptors (Lipinski definition) is 4. The van der Waals surface area contributed by atoms with Crippen LogP contribution in [0.4, 0.5) is 5.95 Å². The summed E-state index contributed by atoms with van der Waals surface area (Å²) in [6, 6.07) is 12.2. The van der Waals surface area contributed by atoms with Crippen molar-refractivity contribution in [3.63, 3.8) is 0 Å². The lowest BCUT2D eigenvalue weighted by Gasteiger charge is -2.35. The fourth-order valence-electron chi connectivity index (χ4n) is 2.99. The van der Waals surface area contributed by atoms with E-state index in [0.29, 0.717) is 0 Å². The zero-order chi connectivity index (χ0) is 16.1. The predicted molar refractivity (Wildman–Crippen MR) is 92.8 cm³/mol. The smallest absolute Gasteiger partial charge is 0.252 e. The third-order valence-electron chi connectivity index (χ3n) is 4.21. The lowest BCUT2D eigenvalue weighted by Crippen LogP contribution is -2.47. The Kier molecular flexibility index (Phi) is 5.08. The number of benzene rings is 1. The second-order valence-corrected chi connectivity index (χ2v) is 6.06. The molecule has 1 aromatic carbocycles. The molecular formula is C18H24N4O. The fraction of sp³-hybridized carbons (Fsp3) is 0.444. The largest absolute Gasteiger partial charge is 0.340 e. The van der Waals surface area contributed by atoms with Crippen LogP contribution in [0, 0.1) is 0 Å². The normalized spacial score (nSPS) is 15.8. The van der Waals surface area contributed by atoms with Crippen LogP contribution in [0.3, 0.4) is 0 Å². The summed E-state index contributed by atoms with van der Waals surface area (Å²) in [5.41, 5.74) is 2.18. The van der Waals surface area contributed by atoms with Gasteiger partial charge < -0.3 is 4.90 Å². The molecule has 0 atom stereocenters. The quantitative estimate of drug-likeness (QED) is 0.918. The first kappa shape index (κ1) is 15.7. The van der Waals surface area contributed by atoms with Gasteiger partial charge in [0, 0.05) is 44.5 Å². The number of nitrogens with zero attached hydrogens (tertiary/aromatic N) is 3. The summed E-state index contributed by atoms with van der Waals surface area (Å²) >= 11 is 0. The molecule has 1 saturated heterocycles. The van der Waals surface area contributed by atoms with Crippen LogP contribution in [0.1, 0.15) is 24.6 Å². The number of aryl methyl sites for hydroxylation is 1. The van der Waals surface area contributed by atoms with Gasteiger partial charge in [-0.1, -0.05) is 43.7 Å². The third kappa shape index (κ3) is 4.20. The summed E-state index contributed by atoms with van der Waals surface area (Å²) in [5, 5.41) is 0. The molecule has 3 rings (SSSR count). The van der Waals surface area contributed by atoms with Crippen molar-refractivity contribution >= 4 is 5.95 Å². The Morgan fingerprint density at radius 3 is 2.57 bits per heavy atom. The van der Waals surface area contributed by atoms with Gasteiger partial charge in [0.1, 0.15) is 0 Å². The molecule has 0 amide bonds. The Bertz CT molecular complexity index is 675. The Balaban J connectivity index is 1.61. The minimum atomic E-state index is -0.0508. The third-order valence-corrected chi connectivity index (χ3v) is 4.21. The van der Waals surface area contributed by atoms with Crippen molar-refractivity contribution in [1.82, 2.24) is 14.9 Å². The fourth-order valence-corrected chi connectivity index (χ4v) is 2.99. The highest BCUT2D eigenvalue weighted by atomic mass is 16.1. The Morgan fingerprint density at radius 2 is 1.87 bits per heavy atom. The van der Waals surface area contributed by atoms with Crippen molar-refractivity contribution in [2.75, 3.05) is 31.1 Å². The van der Waals surface area contributed by atoms with E-state index >= 15 is 0 Å². The van der Waals surface area contributed by atoms with E-state index in [4.69, 9.17) is 0 Å². The number of aromatic amines is 1. The monoisotopic (exact) mass is 312 g/mol. The van der Waals surface area contributed by atoms with Crippen LogP contribution >= 0.6 is 0 Å². The summed E-state index contributed by atoms with van der Waals surface area (Å²) in [7, 11) is 0. The molecule has 0 spiro atoms. The van der Waals surface area contributed by atoms with Crippen LogP contribution in [-0.4, -0.2) is 41.0 Å². The predicted octanol–water partition coefficient (Wildman–Crippen LogP) is 2.04. The average Bonchev–Trinajstić information content (AvgIpc) is 2.56. The molecule has 0 radical (unpaired) electrons. The highest BCUT2D eigenvalue weighted by Gasteiger charge is 2.19. The SMILES string of the molecule is CCCc1cc(=O)[nH]c(N2CCN(Cc3ccccc3)CC2)n1. The van der Waals surface area contributed by atoms with E-state index in [1.165, 1.54) is 5.56 Å². The number of hydrogen-bond donors (Lipinski definition) is 1. The summed E-state index contributed by atoms with van der Waals surface area (Å²) in [6.45, 7) is 6.84. The van der Waals surface area contributed by atoms with Crippen molar-refractivity contribution in [3.8, 4) is 0 Å². The second kappa shape index (κ2) is 7.42. The summed E-state index contributed by atoms with van der Waals surface area (Å²) in [6.07, 6.45) is 1.85. The van der Waals surface area contributed by atoms with Gasteiger partial charge >= 0.3 is 0 Å². The van der Waals surface area contributed by atoms with E-state index in [0.717, 1.165) is 57.2 Å². The lowest BCUT2D eigenvalue weighted by molar-refractivity contribution is 0.248. The topological polar surface area (TPSA) is 52.2 Å². The zero-order valence-corrected chi connectivity index (χ0v) is 13.7. The van der Waals surface area contributed by atoms with Crippen molar-refractivity contribution < 1.29 is 0 Å². The number of aromatic nitrogens is 2. The average molecular weight is 312 g/mol. The maximum atomic E-state index is 11.8. The first-order chi connectivity index (χ1) is 11.2. The van der Waals surface area contributed by atoms with Gasteiger partial charge in [0.2, 0.25) is 5.95 Å². The van der Waals surface area contributed by atoms with Crippen LogP contribution in [0.2, 0.25) is 0 Å². The molecule has 2 heterocycles. The zero-order valence-electron chi connectivity index (χ0n) is 13.7. The molecule has 1 aliphatic heterocycles. The minimum absolute atomic E-state index is 0.0508. The molecular weight excluding hydrogens is 288 g/mol. The minimum Gasteiger partial charge on any atom is -0.340 e. The van der Waals surface area contributed by atoms with Crippen molar-refractivity contribution in [1.29, 1.82) is 0 Å². The number of H-pyrrole nitrogens is 1. The molecule has 1 fully saturated rings. The number of piperazine rings is 1. The number of rotatable bonds is 5. The summed E-state index contributed by atoms with van der Waals surface area (Å²) < 4.78 is 0. The lowest BCUT2D eigenvalue weighted by atomic mass is 10.2. The molecule has 1 aromatic heterocycles. The van der Waals surface area contributed by atoms with Crippen molar-refractivity contribution in [3.05, 3.63) is 58.0 Å². The maximum absolute atomic E-state index is 11.8. The van der Waals surface area contributed by atoms with Gasteiger partial charge in [-0.15, -0.1) is 0 Å². The Labute approximate surface area is 137 Å². The molecule has 0 aliphatic carbocycles. The molecule has 2 aromatic rings. The molecule has 0 bridgehead atoms. The van der Waals surface area contributed by atoms with E-state index in [2.05, 4.69) is 51.0 Å². The van der Waals surface area contributed by atoms with Crippen LogP contribution in [0.25, 0.3) is 0 Å². The van der Waals surface area contributed by atoms with Crippen LogP contribution in [0.15, 0.2) is 41.2 Å². The van der Waals surface area contributed by atoms with Crippen molar-refractivity contribution in [2.24, 2.45) is 0 Å². The molecule has 5 nitrogen and oxygen atoms in total. The first-order valence-corrected chi connectivity index (χ1v) is 8.36. The van der Waals surface area contributed by atoms with Crippen LogP contribution in [0.5, 0.6) is 0 Å². The summed E-state index contributed by atoms with van der Waals surface area (Å²) in [5.74, 6) is 0.723. The van der Waals surface area contributed by atoms with E-state index < -0.39 is 0 Å². The Hall–Kier alpha value is -2.14. The van der Waals surface area contributed by atoms with E-state index in [1.807, 2.05) is 6.07 Å². The molecule has 1 aliphatic rings. The standard InChI is InChI=1S/C18H24N4O/c1-2-6-16-13-17(23)20-18(19-16)22-11-9-21(10-12-22)14-15-7-4-3-5-8-15/h3-5,7-8,13H,2,6,9-12,14H2,1H3,(H,19,20,23). The number of anilines is 1. The number of nitrogens with one attached hydrogen (secondary N) is 1. The van der Waals surface area contributed by atoms with Gasteiger partial charge in [0.15, 0.2) is 0 Å². The molecule has 0 saturated carbocycles.